The predicted octanol–water partition coefficient (Wildman–Crippen LogP) is 3.07. The molecule has 110 valence electrons. The molecule has 0 N–H and O–H groups in total. The van der Waals surface area contributed by atoms with Crippen molar-refractivity contribution in [3.05, 3.63) is 65.7 Å². The predicted molar refractivity (Wildman–Crippen MR) is 84.5 cm³/mol. The molecule has 0 aliphatic heterocycles. The van der Waals surface area contributed by atoms with Crippen molar-refractivity contribution in [2.24, 2.45) is 0 Å². The first kappa shape index (κ1) is 15.1. The van der Waals surface area contributed by atoms with Crippen LogP contribution in [-0.4, -0.2) is 31.0 Å². The first-order chi connectivity index (χ1) is 10.2. The second-order valence-corrected chi connectivity index (χ2v) is 5.08. The minimum Gasteiger partial charge on any atom is -0.492 e. The molecule has 0 aliphatic rings. The molecule has 2 rings (SSSR count). The number of benzene rings is 2. The van der Waals surface area contributed by atoms with E-state index in [1.54, 1.807) is 4.90 Å². The number of likely N-dealkylation sites (N-methyl/N-ethyl adjacent to an activating group) is 1. The molecule has 0 fully saturated rings. The second-order valence-electron chi connectivity index (χ2n) is 5.08. The Morgan fingerprint density at radius 1 is 1.05 bits per heavy atom. The fraction of sp³-hybridized carbons (Fsp3) is 0.278. The van der Waals surface area contributed by atoms with Crippen LogP contribution in [0.2, 0.25) is 0 Å². The molecule has 0 spiro atoms. The van der Waals surface area contributed by atoms with E-state index in [1.807, 2.05) is 68.6 Å². The first-order valence-corrected chi connectivity index (χ1v) is 7.13. The summed E-state index contributed by atoms with van der Waals surface area (Å²) in [7, 11) is 1.81. The van der Waals surface area contributed by atoms with E-state index in [2.05, 4.69) is 0 Å². The van der Waals surface area contributed by atoms with Gasteiger partial charge in [0.1, 0.15) is 12.4 Å². The molecular formula is C18H21NO2. The van der Waals surface area contributed by atoms with E-state index in [0.29, 0.717) is 19.6 Å². The molecular weight excluding hydrogens is 262 g/mol. The lowest BCUT2D eigenvalue weighted by Gasteiger charge is -2.18. The number of nitrogens with zero attached hydrogens (tertiary/aromatic N) is 1. The van der Waals surface area contributed by atoms with E-state index in [0.717, 1.165) is 16.9 Å². The quantitative estimate of drug-likeness (QED) is 0.815. The van der Waals surface area contributed by atoms with Gasteiger partial charge in [-0.1, -0.05) is 42.5 Å². The molecule has 2 aromatic carbocycles. The summed E-state index contributed by atoms with van der Waals surface area (Å²) in [6.45, 7) is 3.11. The zero-order valence-corrected chi connectivity index (χ0v) is 12.6. The number of hydrogen-bond acceptors (Lipinski definition) is 2. The zero-order valence-electron chi connectivity index (χ0n) is 12.6. The summed E-state index contributed by atoms with van der Waals surface area (Å²) in [5, 5.41) is 0. The Labute approximate surface area is 126 Å². The number of hydrogen-bond donors (Lipinski definition) is 0. The lowest BCUT2D eigenvalue weighted by Crippen LogP contribution is -2.32. The van der Waals surface area contributed by atoms with Gasteiger partial charge < -0.3 is 9.64 Å². The molecule has 1 amide bonds. The average molecular weight is 283 g/mol. The van der Waals surface area contributed by atoms with Crippen molar-refractivity contribution in [1.29, 1.82) is 0 Å². The molecule has 3 heteroatoms. The molecule has 0 atom stereocenters. The number of amides is 1. The highest BCUT2D eigenvalue weighted by Crippen LogP contribution is 2.10. The van der Waals surface area contributed by atoms with Gasteiger partial charge in [-0.15, -0.1) is 0 Å². The molecule has 0 heterocycles. The van der Waals surface area contributed by atoms with Crippen LogP contribution in [0.1, 0.15) is 11.1 Å². The highest BCUT2D eigenvalue weighted by molar-refractivity contribution is 5.78. The van der Waals surface area contributed by atoms with Crippen molar-refractivity contribution < 1.29 is 9.53 Å². The largest absolute Gasteiger partial charge is 0.492 e. The van der Waals surface area contributed by atoms with Gasteiger partial charge in [-0.2, -0.15) is 0 Å². The lowest BCUT2D eigenvalue weighted by atomic mass is 10.1. The molecule has 21 heavy (non-hydrogen) atoms. The Morgan fingerprint density at radius 3 is 2.43 bits per heavy atom. The highest BCUT2D eigenvalue weighted by atomic mass is 16.5. The smallest absolute Gasteiger partial charge is 0.226 e. The molecule has 0 radical (unpaired) electrons. The van der Waals surface area contributed by atoms with Crippen molar-refractivity contribution in [2.75, 3.05) is 20.2 Å². The third-order valence-corrected chi connectivity index (χ3v) is 3.47. The van der Waals surface area contributed by atoms with Crippen LogP contribution in [0.15, 0.2) is 54.6 Å². The molecule has 0 unspecified atom stereocenters. The molecule has 0 aromatic heterocycles. The van der Waals surface area contributed by atoms with Crippen LogP contribution in [0.4, 0.5) is 0 Å². The lowest BCUT2D eigenvalue weighted by molar-refractivity contribution is -0.129. The zero-order chi connectivity index (χ0) is 15.1. The van der Waals surface area contributed by atoms with Crippen molar-refractivity contribution in [1.82, 2.24) is 4.90 Å². The Morgan fingerprint density at radius 2 is 1.71 bits per heavy atom. The van der Waals surface area contributed by atoms with E-state index < -0.39 is 0 Å². The number of carbonyl (C=O) groups excluding carboxylic acids is 1. The van der Waals surface area contributed by atoms with Gasteiger partial charge >= 0.3 is 0 Å². The van der Waals surface area contributed by atoms with Crippen LogP contribution in [0.3, 0.4) is 0 Å². The second kappa shape index (κ2) is 7.48. The summed E-state index contributed by atoms with van der Waals surface area (Å²) in [6, 6.07) is 17.6. The third kappa shape index (κ3) is 4.63. The van der Waals surface area contributed by atoms with Gasteiger partial charge in [-0.25, -0.2) is 0 Å². The number of para-hydroxylation sites is 1. The summed E-state index contributed by atoms with van der Waals surface area (Å²) < 4.78 is 5.61. The molecule has 0 saturated heterocycles. The van der Waals surface area contributed by atoms with Gasteiger partial charge in [0.2, 0.25) is 5.91 Å². The fourth-order valence-corrected chi connectivity index (χ4v) is 2.05. The van der Waals surface area contributed by atoms with Crippen LogP contribution in [0.25, 0.3) is 0 Å². The molecule has 3 nitrogen and oxygen atoms in total. The SMILES string of the molecule is Cc1ccccc1CC(=O)N(C)CCOc1ccccc1. The van der Waals surface area contributed by atoms with Crippen LogP contribution in [0.5, 0.6) is 5.75 Å². The van der Waals surface area contributed by atoms with Crippen LogP contribution in [-0.2, 0) is 11.2 Å². The van der Waals surface area contributed by atoms with Crippen LogP contribution < -0.4 is 4.74 Å². The summed E-state index contributed by atoms with van der Waals surface area (Å²) in [4.78, 5) is 13.9. The molecule has 2 aromatic rings. The summed E-state index contributed by atoms with van der Waals surface area (Å²) in [5.74, 6) is 0.943. The van der Waals surface area contributed by atoms with Crippen molar-refractivity contribution in [3.63, 3.8) is 0 Å². The Balaban J connectivity index is 1.79. The third-order valence-electron chi connectivity index (χ3n) is 3.47. The Hall–Kier alpha value is -2.29. The Bertz CT molecular complexity index is 581. The van der Waals surface area contributed by atoms with Crippen molar-refractivity contribution in [3.8, 4) is 5.75 Å². The van der Waals surface area contributed by atoms with E-state index in [4.69, 9.17) is 4.74 Å². The first-order valence-electron chi connectivity index (χ1n) is 7.13. The van der Waals surface area contributed by atoms with Gasteiger partial charge in [-0.3, -0.25) is 4.79 Å². The molecule has 0 aliphatic carbocycles. The minimum absolute atomic E-state index is 0.112. The highest BCUT2D eigenvalue weighted by Gasteiger charge is 2.10. The topological polar surface area (TPSA) is 29.5 Å². The molecule has 0 bridgehead atoms. The van der Waals surface area contributed by atoms with Crippen molar-refractivity contribution in [2.45, 2.75) is 13.3 Å². The fourth-order valence-electron chi connectivity index (χ4n) is 2.05. The van der Waals surface area contributed by atoms with E-state index in [-0.39, 0.29) is 5.91 Å². The summed E-state index contributed by atoms with van der Waals surface area (Å²) in [5.41, 5.74) is 2.23. The van der Waals surface area contributed by atoms with Gasteiger partial charge in [0.05, 0.1) is 13.0 Å². The number of carbonyl (C=O) groups is 1. The summed E-state index contributed by atoms with van der Waals surface area (Å²) in [6.07, 6.45) is 0.439. The van der Waals surface area contributed by atoms with Gasteiger partial charge in [-0.05, 0) is 30.2 Å². The average Bonchev–Trinajstić information content (AvgIpc) is 2.50. The maximum absolute atomic E-state index is 12.2. The number of aryl methyl sites for hydroxylation is 1. The van der Waals surface area contributed by atoms with Gasteiger partial charge in [0.25, 0.3) is 0 Å². The van der Waals surface area contributed by atoms with Gasteiger partial charge in [0.15, 0.2) is 0 Å². The summed E-state index contributed by atoms with van der Waals surface area (Å²) >= 11 is 0. The number of ether oxygens (including phenoxy) is 1. The minimum atomic E-state index is 0.112. The maximum atomic E-state index is 12.2. The van der Waals surface area contributed by atoms with Crippen LogP contribution in [0, 0.1) is 6.92 Å². The number of rotatable bonds is 6. The standard InChI is InChI=1S/C18H21NO2/c1-15-8-6-7-9-16(15)14-18(20)19(2)12-13-21-17-10-4-3-5-11-17/h3-11H,12-14H2,1-2H3. The van der Waals surface area contributed by atoms with Gasteiger partial charge in [0, 0.05) is 7.05 Å². The van der Waals surface area contributed by atoms with E-state index in [1.165, 1.54) is 0 Å². The van der Waals surface area contributed by atoms with E-state index in [9.17, 15) is 4.79 Å². The molecule has 0 saturated carbocycles. The Kier molecular flexibility index (Phi) is 5.38. The van der Waals surface area contributed by atoms with Crippen LogP contribution >= 0.6 is 0 Å². The van der Waals surface area contributed by atoms with E-state index >= 15 is 0 Å². The monoisotopic (exact) mass is 283 g/mol. The maximum Gasteiger partial charge on any atom is 0.226 e. The van der Waals surface area contributed by atoms with Crippen molar-refractivity contribution >= 4 is 5.91 Å². The normalized spacial score (nSPS) is 10.2.